The van der Waals surface area contributed by atoms with Crippen LogP contribution in [0.2, 0.25) is 0 Å². The number of nitrogens with zero attached hydrogens (tertiary/aromatic N) is 1. The Hall–Kier alpha value is -1.72. The SMILES string of the molecule is F[B]F.O=c1ncc2ccccc2[nH]1. The third-order valence-corrected chi connectivity index (χ3v) is 1.52. The molecule has 0 unspecified atom stereocenters. The predicted octanol–water partition coefficient (Wildman–Crippen LogP) is 1.38. The van der Waals surface area contributed by atoms with Crippen molar-refractivity contribution >= 4 is 18.7 Å². The van der Waals surface area contributed by atoms with E-state index in [1.807, 2.05) is 24.3 Å². The van der Waals surface area contributed by atoms with Gasteiger partial charge in [-0.25, -0.2) is 9.78 Å². The maximum absolute atomic E-state index is 10.7. The van der Waals surface area contributed by atoms with Crippen molar-refractivity contribution in [2.75, 3.05) is 0 Å². The fraction of sp³-hybridized carbons (Fsp3) is 0. The van der Waals surface area contributed by atoms with E-state index in [0.717, 1.165) is 10.9 Å². The number of H-pyrrole nitrogens is 1. The second-order valence-electron chi connectivity index (χ2n) is 2.36. The number of rotatable bonds is 0. The summed E-state index contributed by atoms with van der Waals surface area (Å²) in [5.74, 6) is 0. The van der Waals surface area contributed by atoms with Crippen molar-refractivity contribution in [1.29, 1.82) is 0 Å². The molecule has 0 spiro atoms. The summed E-state index contributed by atoms with van der Waals surface area (Å²) >= 11 is 0. The molecule has 0 aliphatic heterocycles. The Morgan fingerprint density at radius 2 is 1.93 bits per heavy atom. The van der Waals surface area contributed by atoms with Crippen LogP contribution in [0.3, 0.4) is 0 Å². The van der Waals surface area contributed by atoms with Gasteiger partial charge < -0.3 is 4.98 Å². The van der Waals surface area contributed by atoms with Crippen molar-refractivity contribution in [3.05, 3.63) is 40.9 Å². The molecule has 2 rings (SSSR count). The van der Waals surface area contributed by atoms with Crippen molar-refractivity contribution in [3.63, 3.8) is 0 Å². The minimum atomic E-state index is -1.00. The van der Waals surface area contributed by atoms with E-state index < -0.39 is 7.83 Å². The third kappa shape index (κ3) is 2.65. The van der Waals surface area contributed by atoms with Gasteiger partial charge in [0.15, 0.2) is 0 Å². The molecule has 0 fully saturated rings. The van der Waals surface area contributed by atoms with Crippen LogP contribution in [0.15, 0.2) is 35.3 Å². The van der Waals surface area contributed by atoms with Crippen molar-refractivity contribution < 1.29 is 8.63 Å². The third-order valence-electron chi connectivity index (χ3n) is 1.52. The summed E-state index contributed by atoms with van der Waals surface area (Å²) in [7, 11) is -1.00. The maximum atomic E-state index is 10.7. The lowest BCUT2D eigenvalue weighted by Gasteiger charge is -1.92. The van der Waals surface area contributed by atoms with Gasteiger partial charge in [-0.05, 0) is 6.07 Å². The van der Waals surface area contributed by atoms with Gasteiger partial charge in [0.2, 0.25) is 0 Å². The Kier molecular flexibility index (Phi) is 3.78. The van der Waals surface area contributed by atoms with Crippen LogP contribution in [0.1, 0.15) is 0 Å². The van der Waals surface area contributed by atoms with Gasteiger partial charge >= 0.3 is 13.5 Å². The number of nitrogens with one attached hydrogen (secondary N) is 1. The largest absolute Gasteiger partial charge is 0.577 e. The van der Waals surface area contributed by atoms with E-state index in [4.69, 9.17) is 0 Å². The molecule has 2 aromatic rings. The molecule has 71 valence electrons. The minimum absolute atomic E-state index is 0.302. The molecule has 3 nitrogen and oxygen atoms in total. The Labute approximate surface area is 79.1 Å². The molecule has 0 atom stereocenters. The number of aromatic amines is 1. The molecule has 1 N–H and O–H groups in total. The van der Waals surface area contributed by atoms with Crippen LogP contribution in [0.5, 0.6) is 0 Å². The summed E-state index contributed by atoms with van der Waals surface area (Å²) in [4.78, 5) is 16.9. The molecule has 1 radical (unpaired) electrons. The molecule has 1 heterocycles. The molecule has 0 saturated carbocycles. The Morgan fingerprint density at radius 1 is 1.29 bits per heavy atom. The second-order valence-corrected chi connectivity index (χ2v) is 2.36. The number of para-hydroxylation sites is 1. The molecule has 0 amide bonds. The molecule has 6 heteroatoms. The van der Waals surface area contributed by atoms with Gasteiger partial charge in [-0.3, -0.25) is 8.63 Å². The lowest BCUT2D eigenvalue weighted by atomic mass is 10.2. The maximum Gasteiger partial charge on any atom is 0.577 e. The summed E-state index contributed by atoms with van der Waals surface area (Å²) in [6.45, 7) is 0. The number of hydrogen-bond acceptors (Lipinski definition) is 2. The molecule has 1 aromatic carbocycles. The summed E-state index contributed by atoms with van der Waals surface area (Å²) < 4.78 is 19.0. The van der Waals surface area contributed by atoms with Crippen LogP contribution in [0, 0.1) is 0 Å². The average molecular weight is 195 g/mol. The van der Waals surface area contributed by atoms with Crippen LogP contribution < -0.4 is 5.69 Å². The van der Waals surface area contributed by atoms with Gasteiger partial charge in [-0.1, -0.05) is 18.2 Å². The van der Waals surface area contributed by atoms with Crippen molar-refractivity contribution in [2.24, 2.45) is 0 Å². The summed E-state index contributed by atoms with van der Waals surface area (Å²) in [5, 5.41) is 0.951. The zero-order valence-corrected chi connectivity index (χ0v) is 7.08. The van der Waals surface area contributed by atoms with Crippen LogP contribution in [0.25, 0.3) is 10.9 Å². The zero-order valence-electron chi connectivity index (χ0n) is 7.08. The minimum Gasteiger partial charge on any atom is -0.305 e. The lowest BCUT2D eigenvalue weighted by molar-refractivity contribution is 0.712. The molecule has 0 aliphatic carbocycles. The standard InChI is InChI=1S/C8H6N2O.BF2/c11-8-9-5-6-3-1-2-4-7(6)10-8;2-1-3/h1-5H,(H,9,10,11);. The molecule has 0 saturated heterocycles. The molecule has 0 aliphatic rings. The number of halogens is 2. The number of fused-ring (bicyclic) bond motifs is 1. The quantitative estimate of drug-likeness (QED) is 0.645. The smallest absolute Gasteiger partial charge is 0.305 e. The van der Waals surface area contributed by atoms with Gasteiger partial charge in [0.05, 0.1) is 5.52 Å². The highest BCUT2D eigenvalue weighted by molar-refractivity contribution is 6.15. The average Bonchev–Trinajstić information content (AvgIpc) is 2.19. The molecule has 14 heavy (non-hydrogen) atoms. The first-order valence-corrected chi connectivity index (χ1v) is 3.74. The Bertz CT molecular complexity index is 460. The number of benzene rings is 1. The summed E-state index contributed by atoms with van der Waals surface area (Å²) in [6, 6.07) is 7.53. The van der Waals surface area contributed by atoms with Gasteiger partial charge in [-0.2, -0.15) is 0 Å². The number of aromatic nitrogens is 2. The van der Waals surface area contributed by atoms with Crippen LogP contribution >= 0.6 is 0 Å². The Balaban J connectivity index is 0.000000293. The first-order valence-electron chi connectivity index (χ1n) is 3.74. The Morgan fingerprint density at radius 3 is 2.64 bits per heavy atom. The normalized spacial score (nSPS) is 9.00. The molecule has 1 aromatic heterocycles. The lowest BCUT2D eigenvalue weighted by Crippen LogP contribution is -2.07. The van der Waals surface area contributed by atoms with Gasteiger partial charge in [0.25, 0.3) is 0 Å². The molecule has 0 bridgehead atoms. The zero-order chi connectivity index (χ0) is 10.4. The summed E-state index contributed by atoms with van der Waals surface area (Å²) in [6.07, 6.45) is 1.56. The topological polar surface area (TPSA) is 45.8 Å². The number of hydrogen-bond donors (Lipinski definition) is 1. The highest BCUT2D eigenvalue weighted by atomic mass is 19.2. The van der Waals surface area contributed by atoms with E-state index in [2.05, 4.69) is 9.97 Å². The summed E-state index contributed by atoms with van der Waals surface area (Å²) in [5.41, 5.74) is 0.524. The first kappa shape index (κ1) is 10.4. The fourth-order valence-electron chi connectivity index (χ4n) is 0.999. The van der Waals surface area contributed by atoms with Gasteiger partial charge in [0.1, 0.15) is 0 Å². The van der Waals surface area contributed by atoms with Crippen molar-refractivity contribution in [3.8, 4) is 0 Å². The van der Waals surface area contributed by atoms with E-state index in [-0.39, 0.29) is 5.69 Å². The van der Waals surface area contributed by atoms with Crippen molar-refractivity contribution in [2.45, 2.75) is 0 Å². The van der Waals surface area contributed by atoms with Crippen LogP contribution in [-0.2, 0) is 0 Å². The monoisotopic (exact) mass is 195 g/mol. The van der Waals surface area contributed by atoms with Gasteiger partial charge in [-0.15, -0.1) is 0 Å². The van der Waals surface area contributed by atoms with E-state index in [1.165, 1.54) is 0 Å². The van der Waals surface area contributed by atoms with Crippen LogP contribution in [-0.4, -0.2) is 17.8 Å². The molecular formula is C8H6BF2N2O. The molecular weight excluding hydrogens is 189 g/mol. The fourth-order valence-corrected chi connectivity index (χ4v) is 0.999. The van der Waals surface area contributed by atoms with Crippen LogP contribution in [0.4, 0.5) is 8.63 Å². The predicted molar refractivity (Wildman–Crippen MR) is 50.3 cm³/mol. The highest BCUT2D eigenvalue weighted by Crippen LogP contribution is 2.05. The second kappa shape index (κ2) is 5.11. The van der Waals surface area contributed by atoms with Crippen molar-refractivity contribution in [1.82, 2.24) is 9.97 Å². The van der Waals surface area contributed by atoms with E-state index in [1.54, 1.807) is 6.20 Å². The first-order chi connectivity index (χ1) is 6.77. The van der Waals surface area contributed by atoms with E-state index in [9.17, 15) is 13.4 Å². The van der Waals surface area contributed by atoms with Gasteiger partial charge in [0, 0.05) is 11.6 Å². The van der Waals surface area contributed by atoms with E-state index in [0.29, 0.717) is 0 Å². The van der Waals surface area contributed by atoms with E-state index >= 15 is 0 Å². The highest BCUT2D eigenvalue weighted by Gasteiger charge is 1.90.